The Morgan fingerprint density at radius 2 is 1.90 bits per heavy atom. The van der Waals surface area contributed by atoms with Crippen LogP contribution in [0.3, 0.4) is 0 Å². The number of anilines is 1. The highest BCUT2D eigenvalue weighted by molar-refractivity contribution is 6.05. The minimum Gasteiger partial charge on any atom is -0.508 e. The SMILES string of the molecule is COc1cc(NC(=O)c2cccc(O)c2)ccc1C(=O)O. The number of amides is 1. The average Bonchev–Trinajstić information content (AvgIpc) is 2.46. The van der Waals surface area contributed by atoms with Crippen molar-refractivity contribution < 1.29 is 24.5 Å². The summed E-state index contributed by atoms with van der Waals surface area (Å²) in [5.74, 6) is -1.40. The van der Waals surface area contributed by atoms with E-state index in [1.54, 1.807) is 12.1 Å². The van der Waals surface area contributed by atoms with Crippen LogP contribution in [-0.4, -0.2) is 29.2 Å². The number of aromatic carboxylic acids is 1. The van der Waals surface area contributed by atoms with Gasteiger partial charge >= 0.3 is 5.97 Å². The number of nitrogens with one attached hydrogen (secondary N) is 1. The number of phenolic OH excluding ortho intramolecular Hbond substituents is 1. The molecule has 0 saturated carbocycles. The lowest BCUT2D eigenvalue weighted by molar-refractivity contribution is 0.0693. The van der Waals surface area contributed by atoms with Gasteiger partial charge in [-0.25, -0.2) is 4.79 Å². The van der Waals surface area contributed by atoms with E-state index in [0.717, 1.165) is 0 Å². The Labute approximate surface area is 120 Å². The fourth-order valence-corrected chi connectivity index (χ4v) is 1.80. The number of carbonyl (C=O) groups excluding carboxylic acids is 1. The molecule has 108 valence electrons. The van der Waals surface area contributed by atoms with Crippen LogP contribution in [0.25, 0.3) is 0 Å². The largest absolute Gasteiger partial charge is 0.508 e. The Kier molecular flexibility index (Phi) is 4.08. The van der Waals surface area contributed by atoms with Gasteiger partial charge in [0.15, 0.2) is 0 Å². The topological polar surface area (TPSA) is 95.9 Å². The van der Waals surface area contributed by atoms with E-state index in [1.165, 1.54) is 37.4 Å². The number of ether oxygens (including phenoxy) is 1. The second-order valence-electron chi connectivity index (χ2n) is 4.22. The molecule has 6 nitrogen and oxygen atoms in total. The first-order valence-corrected chi connectivity index (χ1v) is 6.03. The van der Waals surface area contributed by atoms with E-state index in [-0.39, 0.29) is 22.6 Å². The van der Waals surface area contributed by atoms with Gasteiger partial charge < -0.3 is 20.3 Å². The standard InChI is InChI=1S/C15H13NO5/c1-21-13-8-10(5-6-12(13)15(19)20)16-14(18)9-3-2-4-11(17)7-9/h2-8,17H,1H3,(H,16,18)(H,19,20). The van der Waals surface area contributed by atoms with Crippen LogP contribution in [0, 0.1) is 0 Å². The average molecular weight is 287 g/mol. The van der Waals surface area contributed by atoms with E-state index in [9.17, 15) is 14.7 Å². The monoisotopic (exact) mass is 287 g/mol. The predicted molar refractivity (Wildman–Crippen MR) is 76.0 cm³/mol. The van der Waals surface area contributed by atoms with Crippen LogP contribution in [0.15, 0.2) is 42.5 Å². The third kappa shape index (κ3) is 3.30. The van der Waals surface area contributed by atoms with Crippen LogP contribution in [0.5, 0.6) is 11.5 Å². The second kappa shape index (κ2) is 5.96. The van der Waals surface area contributed by atoms with Crippen LogP contribution < -0.4 is 10.1 Å². The molecule has 0 radical (unpaired) electrons. The molecule has 0 aliphatic heterocycles. The van der Waals surface area contributed by atoms with Gasteiger partial charge in [-0.1, -0.05) is 6.07 Å². The van der Waals surface area contributed by atoms with Gasteiger partial charge in [-0.15, -0.1) is 0 Å². The maximum Gasteiger partial charge on any atom is 0.339 e. The van der Waals surface area contributed by atoms with E-state index in [4.69, 9.17) is 9.84 Å². The first-order valence-electron chi connectivity index (χ1n) is 6.03. The summed E-state index contributed by atoms with van der Waals surface area (Å²) in [6.45, 7) is 0. The molecule has 6 heteroatoms. The van der Waals surface area contributed by atoms with Crippen LogP contribution in [0.1, 0.15) is 20.7 Å². The third-order valence-corrected chi connectivity index (χ3v) is 2.80. The lowest BCUT2D eigenvalue weighted by Crippen LogP contribution is -2.12. The molecule has 0 saturated heterocycles. The molecule has 0 unspecified atom stereocenters. The minimum absolute atomic E-state index is 0.00727. The Hall–Kier alpha value is -3.02. The van der Waals surface area contributed by atoms with Gasteiger partial charge in [0.1, 0.15) is 17.1 Å². The number of aromatic hydroxyl groups is 1. The van der Waals surface area contributed by atoms with E-state index >= 15 is 0 Å². The van der Waals surface area contributed by atoms with Crippen molar-refractivity contribution in [1.29, 1.82) is 0 Å². The summed E-state index contributed by atoms with van der Waals surface area (Å²) >= 11 is 0. The van der Waals surface area contributed by atoms with Gasteiger partial charge in [-0.3, -0.25) is 4.79 Å². The van der Waals surface area contributed by atoms with E-state index < -0.39 is 11.9 Å². The molecule has 0 heterocycles. The highest BCUT2D eigenvalue weighted by Crippen LogP contribution is 2.23. The minimum atomic E-state index is -1.11. The zero-order valence-corrected chi connectivity index (χ0v) is 11.2. The van der Waals surface area contributed by atoms with Gasteiger partial charge in [0.25, 0.3) is 5.91 Å². The quantitative estimate of drug-likeness (QED) is 0.802. The molecule has 2 rings (SSSR count). The molecule has 2 aromatic carbocycles. The maximum absolute atomic E-state index is 12.0. The number of phenols is 1. The van der Waals surface area contributed by atoms with E-state index in [1.807, 2.05) is 0 Å². The molecule has 0 fully saturated rings. The molecule has 0 aliphatic carbocycles. The van der Waals surface area contributed by atoms with Gasteiger partial charge in [-0.2, -0.15) is 0 Å². The van der Waals surface area contributed by atoms with Gasteiger partial charge in [-0.05, 0) is 30.3 Å². The normalized spacial score (nSPS) is 9.95. The highest BCUT2D eigenvalue weighted by atomic mass is 16.5. The third-order valence-electron chi connectivity index (χ3n) is 2.80. The first kappa shape index (κ1) is 14.4. The summed E-state index contributed by atoms with van der Waals surface area (Å²) in [7, 11) is 1.35. The number of carboxylic acids is 1. The van der Waals surface area contributed by atoms with Crippen molar-refractivity contribution in [2.24, 2.45) is 0 Å². The van der Waals surface area contributed by atoms with Crippen LogP contribution in [0.4, 0.5) is 5.69 Å². The molecule has 0 spiro atoms. The molecule has 1 amide bonds. The Morgan fingerprint density at radius 3 is 2.52 bits per heavy atom. The van der Waals surface area contributed by atoms with Gasteiger partial charge in [0.05, 0.1) is 7.11 Å². The molecular formula is C15H13NO5. The number of hydrogen-bond donors (Lipinski definition) is 3. The Morgan fingerprint density at radius 1 is 1.14 bits per heavy atom. The van der Waals surface area contributed by atoms with Crippen LogP contribution >= 0.6 is 0 Å². The summed E-state index contributed by atoms with van der Waals surface area (Å²) in [5.41, 5.74) is 0.689. The van der Waals surface area contributed by atoms with Crippen molar-refractivity contribution in [3.05, 3.63) is 53.6 Å². The molecule has 0 aromatic heterocycles. The lowest BCUT2D eigenvalue weighted by Gasteiger charge is -2.09. The number of carboxylic acid groups (broad SMARTS) is 1. The fourth-order valence-electron chi connectivity index (χ4n) is 1.80. The number of benzene rings is 2. The van der Waals surface area contributed by atoms with Crippen molar-refractivity contribution in [2.45, 2.75) is 0 Å². The van der Waals surface area contributed by atoms with Crippen molar-refractivity contribution in [2.75, 3.05) is 12.4 Å². The van der Waals surface area contributed by atoms with Gasteiger partial charge in [0, 0.05) is 17.3 Å². The zero-order chi connectivity index (χ0) is 15.4. The Bertz CT molecular complexity index is 696. The van der Waals surface area contributed by atoms with E-state index in [2.05, 4.69) is 5.32 Å². The number of rotatable bonds is 4. The molecule has 0 aliphatic rings. The number of hydrogen-bond acceptors (Lipinski definition) is 4. The highest BCUT2D eigenvalue weighted by Gasteiger charge is 2.13. The fraction of sp³-hybridized carbons (Fsp3) is 0.0667. The lowest BCUT2D eigenvalue weighted by atomic mass is 10.1. The summed E-state index contributed by atoms with van der Waals surface area (Å²) in [4.78, 5) is 23.0. The maximum atomic E-state index is 12.0. The summed E-state index contributed by atoms with van der Waals surface area (Å²) in [6.07, 6.45) is 0. The summed E-state index contributed by atoms with van der Waals surface area (Å²) in [5, 5.41) is 20.9. The summed E-state index contributed by atoms with van der Waals surface area (Å²) in [6, 6.07) is 10.1. The van der Waals surface area contributed by atoms with Crippen molar-refractivity contribution in [1.82, 2.24) is 0 Å². The zero-order valence-electron chi connectivity index (χ0n) is 11.2. The smallest absolute Gasteiger partial charge is 0.339 e. The van der Waals surface area contributed by atoms with Crippen molar-refractivity contribution in [3.8, 4) is 11.5 Å². The molecule has 21 heavy (non-hydrogen) atoms. The second-order valence-corrected chi connectivity index (χ2v) is 4.22. The van der Waals surface area contributed by atoms with E-state index in [0.29, 0.717) is 5.69 Å². The molecule has 3 N–H and O–H groups in total. The van der Waals surface area contributed by atoms with Crippen LogP contribution in [0.2, 0.25) is 0 Å². The Balaban J connectivity index is 2.24. The first-order chi connectivity index (χ1) is 10.0. The predicted octanol–water partition coefficient (Wildman–Crippen LogP) is 2.35. The molecular weight excluding hydrogens is 274 g/mol. The molecule has 2 aromatic rings. The van der Waals surface area contributed by atoms with Crippen molar-refractivity contribution in [3.63, 3.8) is 0 Å². The molecule has 0 atom stereocenters. The van der Waals surface area contributed by atoms with Crippen LogP contribution in [-0.2, 0) is 0 Å². The number of methoxy groups -OCH3 is 1. The number of carbonyl (C=O) groups is 2. The molecule has 0 bridgehead atoms. The van der Waals surface area contributed by atoms with Gasteiger partial charge in [0.2, 0.25) is 0 Å². The van der Waals surface area contributed by atoms with Crippen molar-refractivity contribution >= 4 is 17.6 Å². The summed E-state index contributed by atoms with van der Waals surface area (Å²) < 4.78 is 4.98.